The highest BCUT2D eigenvalue weighted by Crippen LogP contribution is 2.35. The number of rotatable bonds is 2. The lowest BCUT2D eigenvalue weighted by atomic mass is 10.0. The van der Waals surface area contributed by atoms with Crippen LogP contribution >= 0.6 is 0 Å². The van der Waals surface area contributed by atoms with Crippen molar-refractivity contribution < 1.29 is 19.4 Å². The summed E-state index contributed by atoms with van der Waals surface area (Å²) < 4.78 is 5.66. The van der Waals surface area contributed by atoms with Gasteiger partial charge in [-0.3, -0.25) is 9.59 Å². The fourth-order valence-electron chi connectivity index (χ4n) is 2.57. The Morgan fingerprint density at radius 1 is 1.15 bits per heavy atom. The molecule has 20 heavy (non-hydrogen) atoms. The van der Waals surface area contributed by atoms with Crippen LogP contribution in [0.3, 0.4) is 0 Å². The average Bonchev–Trinajstić information content (AvgIpc) is 2.79. The lowest BCUT2D eigenvalue weighted by molar-refractivity contribution is -0.120. The Labute approximate surface area is 116 Å². The first-order valence-corrected chi connectivity index (χ1v) is 6.67. The lowest BCUT2D eigenvalue weighted by Crippen LogP contribution is -2.29. The lowest BCUT2D eigenvalue weighted by Gasteiger charge is -2.24. The number of carbonyl (C=O) groups is 2. The number of imide groups is 1. The normalized spacial score (nSPS) is 22.6. The third kappa shape index (κ3) is 2.20. The van der Waals surface area contributed by atoms with E-state index in [9.17, 15) is 14.7 Å². The molecule has 1 unspecified atom stereocenters. The van der Waals surface area contributed by atoms with Crippen molar-refractivity contribution in [2.45, 2.75) is 25.4 Å². The molecular formula is C15H15NO4. The van der Waals surface area contributed by atoms with Crippen LogP contribution in [0.2, 0.25) is 0 Å². The van der Waals surface area contributed by atoms with Crippen molar-refractivity contribution in [2.75, 3.05) is 11.5 Å². The summed E-state index contributed by atoms with van der Waals surface area (Å²) in [5.74, 6) is -0.957. The molecule has 1 N–H and O–H groups in total. The highest BCUT2D eigenvalue weighted by Gasteiger charge is 2.28. The van der Waals surface area contributed by atoms with Gasteiger partial charge >= 0.3 is 0 Å². The first-order chi connectivity index (χ1) is 9.66. The van der Waals surface area contributed by atoms with E-state index in [4.69, 9.17) is 4.74 Å². The van der Waals surface area contributed by atoms with E-state index in [-0.39, 0.29) is 17.5 Å². The topological polar surface area (TPSA) is 66.8 Å². The molecule has 5 heteroatoms. The number of ether oxygens (including phenoxy) is 1. The van der Waals surface area contributed by atoms with Crippen LogP contribution in [0.1, 0.15) is 30.9 Å². The minimum absolute atomic E-state index is 0.0215. The van der Waals surface area contributed by atoms with Crippen molar-refractivity contribution in [3.8, 4) is 5.75 Å². The van der Waals surface area contributed by atoms with Crippen molar-refractivity contribution >= 4 is 17.5 Å². The van der Waals surface area contributed by atoms with Crippen LogP contribution in [0.25, 0.3) is 0 Å². The van der Waals surface area contributed by atoms with Gasteiger partial charge in [-0.1, -0.05) is 6.07 Å². The number of phenols is 1. The standard InChI is InChI=1S/C15H15NO4/c17-12-9-10(13-3-1-2-8-20-13)4-5-11(12)16-14(18)6-7-15(16)19/h4-7,9,13,17H,1-3,8H2. The largest absolute Gasteiger partial charge is 0.506 e. The highest BCUT2D eigenvalue weighted by atomic mass is 16.5. The van der Waals surface area contributed by atoms with Gasteiger partial charge in [-0.2, -0.15) is 0 Å². The molecule has 2 aliphatic rings. The third-order valence-electron chi connectivity index (χ3n) is 3.60. The number of amides is 2. The summed E-state index contributed by atoms with van der Waals surface area (Å²) in [4.78, 5) is 24.2. The number of carbonyl (C=O) groups excluding carboxylic acids is 2. The van der Waals surface area contributed by atoms with Crippen molar-refractivity contribution in [2.24, 2.45) is 0 Å². The number of aromatic hydroxyl groups is 1. The Morgan fingerprint density at radius 2 is 1.90 bits per heavy atom. The maximum absolute atomic E-state index is 11.6. The van der Waals surface area contributed by atoms with Crippen LogP contribution in [0, 0.1) is 0 Å². The highest BCUT2D eigenvalue weighted by molar-refractivity contribution is 6.28. The van der Waals surface area contributed by atoms with Gasteiger partial charge in [-0.15, -0.1) is 0 Å². The van der Waals surface area contributed by atoms with Gasteiger partial charge in [0.25, 0.3) is 11.8 Å². The second-order valence-corrected chi connectivity index (χ2v) is 4.95. The van der Waals surface area contributed by atoms with E-state index in [1.165, 1.54) is 12.2 Å². The summed E-state index contributed by atoms with van der Waals surface area (Å²) in [7, 11) is 0. The molecule has 0 spiro atoms. The summed E-state index contributed by atoms with van der Waals surface area (Å²) >= 11 is 0. The Bertz CT molecular complexity index is 570. The first kappa shape index (κ1) is 12.9. The molecule has 0 bridgehead atoms. The van der Waals surface area contributed by atoms with E-state index in [0.29, 0.717) is 0 Å². The molecule has 5 nitrogen and oxygen atoms in total. The van der Waals surface area contributed by atoms with Crippen LogP contribution in [0.5, 0.6) is 5.75 Å². The predicted molar refractivity (Wildman–Crippen MR) is 72.3 cm³/mol. The van der Waals surface area contributed by atoms with Crippen LogP contribution in [0.15, 0.2) is 30.4 Å². The Hall–Kier alpha value is -2.14. The monoisotopic (exact) mass is 273 g/mol. The number of hydrogen-bond donors (Lipinski definition) is 1. The van der Waals surface area contributed by atoms with E-state index in [1.54, 1.807) is 18.2 Å². The maximum Gasteiger partial charge on any atom is 0.258 e. The second-order valence-electron chi connectivity index (χ2n) is 4.95. The van der Waals surface area contributed by atoms with Crippen molar-refractivity contribution in [1.82, 2.24) is 0 Å². The number of hydrogen-bond acceptors (Lipinski definition) is 4. The van der Waals surface area contributed by atoms with Gasteiger partial charge in [0.05, 0.1) is 11.8 Å². The van der Waals surface area contributed by atoms with Crippen LogP contribution in [0.4, 0.5) is 5.69 Å². The molecule has 1 atom stereocenters. The Balaban J connectivity index is 1.88. The summed E-state index contributed by atoms with van der Waals surface area (Å²) in [5.41, 5.74) is 1.09. The van der Waals surface area contributed by atoms with Gasteiger partial charge in [0.1, 0.15) is 5.75 Å². The van der Waals surface area contributed by atoms with Gasteiger partial charge in [0.2, 0.25) is 0 Å². The fraction of sp³-hybridized carbons (Fsp3) is 0.333. The Morgan fingerprint density at radius 3 is 2.50 bits per heavy atom. The maximum atomic E-state index is 11.6. The zero-order chi connectivity index (χ0) is 14.1. The average molecular weight is 273 g/mol. The van der Waals surface area contributed by atoms with Crippen LogP contribution < -0.4 is 4.90 Å². The molecule has 0 aromatic heterocycles. The van der Waals surface area contributed by atoms with Gasteiger partial charge < -0.3 is 9.84 Å². The summed E-state index contributed by atoms with van der Waals surface area (Å²) in [6.07, 6.45) is 5.44. The van der Waals surface area contributed by atoms with E-state index >= 15 is 0 Å². The summed E-state index contributed by atoms with van der Waals surface area (Å²) in [5, 5.41) is 10.1. The number of benzene rings is 1. The number of phenolic OH excluding ortho intramolecular Hbond substituents is 1. The molecule has 104 valence electrons. The molecule has 2 amide bonds. The molecule has 0 aliphatic carbocycles. The SMILES string of the molecule is O=C1C=CC(=O)N1c1ccc(C2CCCCO2)cc1O. The first-order valence-electron chi connectivity index (χ1n) is 6.67. The van der Waals surface area contributed by atoms with Crippen molar-refractivity contribution in [3.05, 3.63) is 35.9 Å². The quantitative estimate of drug-likeness (QED) is 0.838. The summed E-state index contributed by atoms with van der Waals surface area (Å²) in [6.45, 7) is 0.722. The zero-order valence-corrected chi connectivity index (χ0v) is 10.9. The molecule has 1 saturated heterocycles. The predicted octanol–water partition coefficient (Wildman–Crippen LogP) is 2.06. The molecule has 1 aromatic rings. The van der Waals surface area contributed by atoms with Crippen LogP contribution in [-0.2, 0) is 14.3 Å². The number of anilines is 1. The second kappa shape index (κ2) is 5.09. The van der Waals surface area contributed by atoms with Gasteiger partial charge in [-0.05, 0) is 37.0 Å². The summed E-state index contributed by atoms with van der Waals surface area (Å²) in [6, 6.07) is 4.96. The molecular weight excluding hydrogens is 258 g/mol. The number of nitrogens with zero attached hydrogens (tertiary/aromatic N) is 1. The molecule has 2 aliphatic heterocycles. The third-order valence-corrected chi connectivity index (χ3v) is 3.60. The molecule has 3 rings (SSSR count). The molecule has 0 radical (unpaired) electrons. The molecule has 1 fully saturated rings. The van der Waals surface area contributed by atoms with Crippen LogP contribution in [-0.4, -0.2) is 23.5 Å². The zero-order valence-electron chi connectivity index (χ0n) is 10.9. The molecule has 0 saturated carbocycles. The minimum atomic E-state index is -0.438. The fourth-order valence-corrected chi connectivity index (χ4v) is 2.57. The van der Waals surface area contributed by atoms with Crippen molar-refractivity contribution in [3.63, 3.8) is 0 Å². The van der Waals surface area contributed by atoms with E-state index < -0.39 is 11.8 Å². The Kier molecular flexibility index (Phi) is 3.28. The molecule has 1 aromatic carbocycles. The van der Waals surface area contributed by atoms with Gasteiger partial charge in [0.15, 0.2) is 0 Å². The molecule has 2 heterocycles. The van der Waals surface area contributed by atoms with Gasteiger partial charge in [-0.25, -0.2) is 4.90 Å². The van der Waals surface area contributed by atoms with E-state index in [0.717, 1.165) is 36.3 Å². The van der Waals surface area contributed by atoms with E-state index in [1.807, 2.05) is 0 Å². The smallest absolute Gasteiger partial charge is 0.258 e. The van der Waals surface area contributed by atoms with Gasteiger partial charge in [0, 0.05) is 18.8 Å². The van der Waals surface area contributed by atoms with E-state index in [2.05, 4.69) is 0 Å². The minimum Gasteiger partial charge on any atom is -0.506 e. The van der Waals surface area contributed by atoms with Crippen molar-refractivity contribution in [1.29, 1.82) is 0 Å².